The predicted molar refractivity (Wildman–Crippen MR) is 85.4 cm³/mol. The Morgan fingerprint density at radius 2 is 1.77 bits per heavy atom. The van der Waals surface area contributed by atoms with Crippen molar-refractivity contribution < 1.29 is 16.8 Å². The zero-order valence-electron chi connectivity index (χ0n) is 12.5. The van der Waals surface area contributed by atoms with Crippen molar-refractivity contribution in [1.29, 1.82) is 0 Å². The molecule has 0 amide bonds. The number of rotatable bonds is 5. The summed E-state index contributed by atoms with van der Waals surface area (Å²) in [4.78, 5) is 0.217. The Bertz CT molecular complexity index is 749. The highest BCUT2D eigenvalue weighted by Gasteiger charge is 2.47. The summed E-state index contributed by atoms with van der Waals surface area (Å²) < 4.78 is 49.5. The Balaban J connectivity index is 1.90. The van der Waals surface area contributed by atoms with Crippen LogP contribution in [0.2, 0.25) is 0 Å². The average Bonchev–Trinajstić information content (AvgIpc) is 3.22. The standard InChI is InChI=1S/C15H21NO4S2/c1-2-11-3-7-13(8-4-11)22(19,20)15-10-21(17,18)9-14(15)16-12-5-6-12/h3-4,7-8,12,14-16H,2,5-6,9-10H2,1H3/t14-,15-/m1/s1. The SMILES string of the molecule is CCc1ccc(S(=O)(=O)[C@@H]2CS(=O)(=O)C[C@H]2NC2CC2)cc1. The summed E-state index contributed by atoms with van der Waals surface area (Å²) in [6.07, 6.45) is 2.83. The van der Waals surface area contributed by atoms with Gasteiger partial charge in [0.2, 0.25) is 0 Å². The molecule has 1 aromatic rings. The molecule has 0 radical (unpaired) electrons. The Hall–Kier alpha value is -0.920. The highest BCUT2D eigenvalue weighted by molar-refractivity contribution is 7.96. The molecule has 2 aliphatic rings. The Morgan fingerprint density at radius 1 is 1.14 bits per heavy atom. The highest BCUT2D eigenvalue weighted by atomic mass is 32.2. The van der Waals surface area contributed by atoms with Crippen molar-refractivity contribution in [3.63, 3.8) is 0 Å². The van der Waals surface area contributed by atoms with Crippen LogP contribution in [-0.2, 0) is 26.1 Å². The summed E-state index contributed by atoms with van der Waals surface area (Å²) in [5.41, 5.74) is 1.06. The zero-order chi connectivity index (χ0) is 16.0. The van der Waals surface area contributed by atoms with Crippen LogP contribution in [-0.4, -0.2) is 45.7 Å². The summed E-state index contributed by atoms with van der Waals surface area (Å²) >= 11 is 0. The minimum atomic E-state index is -3.64. The molecule has 1 saturated heterocycles. The van der Waals surface area contributed by atoms with Crippen LogP contribution in [0.1, 0.15) is 25.3 Å². The molecule has 5 nitrogen and oxygen atoms in total. The van der Waals surface area contributed by atoms with Gasteiger partial charge in [0.05, 0.1) is 21.7 Å². The lowest BCUT2D eigenvalue weighted by Crippen LogP contribution is -2.44. The summed E-state index contributed by atoms with van der Waals surface area (Å²) in [7, 11) is -6.95. The number of hydrogen-bond donors (Lipinski definition) is 1. The molecule has 1 heterocycles. The molecule has 2 fully saturated rings. The fourth-order valence-electron chi connectivity index (χ4n) is 2.92. The van der Waals surface area contributed by atoms with E-state index in [9.17, 15) is 16.8 Å². The molecular weight excluding hydrogens is 322 g/mol. The van der Waals surface area contributed by atoms with Gasteiger partial charge >= 0.3 is 0 Å². The fraction of sp³-hybridized carbons (Fsp3) is 0.600. The molecule has 1 saturated carbocycles. The van der Waals surface area contributed by atoms with Gasteiger partial charge in [0.15, 0.2) is 19.7 Å². The number of benzene rings is 1. The predicted octanol–water partition coefficient (Wildman–Crippen LogP) is 0.940. The molecule has 1 aliphatic carbocycles. The first kappa shape index (κ1) is 16.0. The summed E-state index contributed by atoms with van der Waals surface area (Å²) in [6, 6.07) is 6.55. The van der Waals surface area contributed by atoms with E-state index in [1.54, 1.807) is 24.3 Å². The largest absolute Gasteiger partial charge is 0.309 e. The van der Waals surface area contributed by atoms with Gasteiger partial charge in [-0.3, -0.25) is 0 Å². The lowest BCUT2D eigenvalue weighted by atomic mass is 10.2. The van der Waals surface area contributed by atoms with Crippen LogP contribution < -0.4 is 5.32 Å². The maximum absolute atomic E-state index is 12.8. The van der Waals surface area contributed by atoms with Crippen LogP contribution in [0.15, 0.2) is 29.2 Å². The minimum absolute atomic E-state index is 0.0829. The van der Waals surface area contributed by atoms with Crippen LogP contribution >= 0.6 is 0 Å². The molecule has 7 heteroatoms. The molecule has 3 rings (SSSR count). The fourth-order valence-corrected chi connectivity index (χ4v) is 7.60. The second kappa shape index (κ2) is 5.62. The molecule has 0 spiro atoms. The van der Waals surface area contributed by atoms with Crippen molar-refractivity contribution in [2.45, 2.75) is 48.4 Å². The van der Waals surface area contributed by atoms with Gasteiger partial charge in [0, 0.05) is 12.1 Å². The van der Waals surface area contributed by atoms with E-state index in [2.05, 4.69) is 5.32 Å². The second-order valence-electron chi connectivity index (χ2n) is 6.21. The quantitative estimate of drug-likeness (QED) is 0.861. The van der Waals surface area contributed by atoms with Gasteiger partial charge in [-0.15, -0.1) is 0 Å². The van der Waals surface area contributed by atoms with Crippen molar-refractivity contribution in [3.05, 3.63) is 29.8 Å². The Kier molecular flexibility index (Phi) is 4.07. The van der Waals surface area contributed by atoms with Gasteiger partial charge in [-0.05, 0) is 37.0 Å². The normalized spacial score (nSPS) is 27.9. The topological polar surface area (TPSA) is 80.3 Å². The third-order valence-electron chi connectivity index (χ3n) is 4.39. The van der Waals surface area contributed by atoms with Crippen molar-refractivity contribution >= 4 is 19.7 Å². The van der Waals surface area contributed by atoms with Crippen LogP contribution in [0.5, 0.6) is 0 Å². The number of hydrogen-bond acceptors (Lipinski definition) is 5. The van der Waals surface area contributed by atoms with Gasteiger partial charge in [-0.25, -0.2) is 16.8 Å². The molecular formula is C15H21NO4S2. The maximum Gasteiger partial charge on any atom is 0.183 e. The molecule has 1 N–H and O–H groups in total. The van der Waals surface area contributed by atoms with E-state index in [-0.39, 0.29) is 22.4 Å². The van der Waals surface area contributed by atoms with E-state index in [4.69, 9.17) is 0 Å². The molecule has 2 atom stereocenters. The van der Waals surface area contributed by atoms with E-state index in [1.165, 1.54) is 0 Å². The molecule has 0 aromatic heterocycles. The average molecular weight is 343 g/mol. The van der Waals surface area contributed by atoms with E-state index in [0.717, 1.165) is 24.8 Å². The zero-order valence-corrected chi connectivity index (χ0v) is 14.2. The first-order valence-electron chi connectivity index (χ1n) is 7.61. The monoisotopic (exact) mass is 343 g/mol. The first-order valence-corrected chi connectivity index (χ1v) is 11.0. The van der Waals surface area contributed by atoms with E-state index >= 15 is 0 Å². The lowest BCUT2D eigenvalue weighted by Gasteiger charge is -2.20. The van der Waals surface area contributed by atoms with E-state index in [1.807, 2.05) is 6.92 Å². The molecule has 1 aliphatic heterocycles. The first-order chi connectivity index (χ1) is 10.3. The number of nitrogens with one attached hydrogen (secondary N) is 1. The van der Waals surface area contributed by atoms with Crippen LogP contribution in [0, 0.1) is 0 Å². The summed E-state index contributed by atoms with van der Waals surface area (Å²) in [5.74, 6) is -0.365. The van der Waals surface area contributed by atoms with Crippen LogP contribution in [0.3, 0.4) is 0 Å². The van der Waals surface area contributed by atoms with Crippen molar-refractivity contribution in [2.75, 3.05) is 11.5 Å². The molecule has 22 heavy (non-hydrogen) atoms. The van der Waals surface area contributed by atoms with Crippen LogP contribution in [0.25, 0.3) is 0 Å². The molecule has 122 valence electrons. The van der Waals surface area contributed by atoms with Crippen LogP contribution in [0.4, 0.5) is 0 Å². The highest BCUT2D eigenvalue weighted by Crippen LogP contribution is 2.29. The maximum atomic E-state index is 12.8. The van der Waals surface area contributed by atoms with Gasteiger partial charge in [0.25, 0.3) is 0 Å². The van der Waals surface area contributed by atoms with Gasteiger partial charge in [-0.2, -0.15) is 0 Å². The van der Waals surface area contributed by atoms with Crippen molar-refractivity contribution in [2.24, 2.45) is 0 Å². The number of sulfone groups is 2. The molecule has 0 bridgehead atoms. The Morgan fingerprint density at radius 3 is 2.32 bits per heavy atom. The molecule has 1 aromatic carbocycles. The van der Waals surface area contributed by atoms with E-state index < -0.39 is 31.0 Å². The summed E-state index contributed by atoms with van der Waals surface area (Å²) in [5, 5.41) is 2.31. The van der Waals surface area contributed by atoms with Gasteiger partial charge < -0.3 is 5.32 Å². The van der Waals surface area contributed by atoms with Crippen molar-refractivity contribution in [1.82, 2.24) is 5.32 Å². The lowest BCUT2D eigenvalue weighted by molar-refractivity contribution is 0.524. The smallest absolute Gasteiger partial charge is 0.183 e. The third-order valence-corrected chi connectivity index (χ3v) is 8.55. The Labute approximate surface area is 132 Å². The van der Waals surface area contributed by atoms with Gasteiger partial charge in [-0.1, -0.05) is 19.1 Å². The second-order valence-corrected chi connectivity index (χ2v) is 10.5. The minimum Gasteiger partial charge on any atom is -0.309 e. The van der Waals surface area contributed by atoms with Crippen molar-refractivity contribution in [3.8, 4) is 0 Å². The molecule has 0 unspecified atom stereocenters. The van der Waals surface area contributed by atoms with Gasteiger partial charge in [0.1, 0.15) is 0 Å². The van der Waals surface area contributed by atoms with E-state index in [0.29, 0.717) is 0 Å². The third kappa shape index (κ3) is 3.21. The summed E-state index contributed by atoms with van der Waals surface area (Å²) in [6.45, 7) is 2.00. The number of aryl methyl sites for hydroxylation is 1.